The van der Waals surface area contributed by atoms with E-state index in [0.717, 1.165) is 12.0 Å². The Bertz CT molecular complexity index is 314. The van der Waals surface area contributed by atoms with E-state index < -0.39 is 6.43 Å². The van der Waals surface area contributed by atoms with E-state index in [4.69, 9.17) is 0 Å². The molecular formula is C13H18BrF2N. The van der Waals surface area contributed by atoms with Crippen molar-refractivity contribution < 1.29 is 8.78 Å². The van der Waals surface area contributed by atoms with Crippen LogP contribution in [-0.2, 0) is 13.0 Å². The van der Waals surface area contributed by atoms with Gasteiger partial charge in [0.15, 0.2) is 0 Å². The molecule has 0 aliphatic rings. The van der Waals surface area contributed by atoms with E-state index in [9.17, 15) is 8.78 Å². The van der Waals surface area contributed by atoms with Crippen LogP contribution >= 0.6 is 15.9 Å². The maximum Gasteiger partial charge on any atom is 0.251 e. The Balaban J connectivity index is 2.58. The second kappa shape index (κ2) is 7.77. The molecule has 0 spiro atoms. The minimum absolute atomic E-state index is 0.166. The van der Waals surface area contributed by atoms with Gasteiger partial charge >= 0.3 is 0 Å². The molecule has 0 aliphatic heterocycles. The van der Waals surface area contributed by atoms with Crippen LogP contribution in [0.4, 0.5) is 8.78 Å². The summed E-state index contributed by atoms with van der Waals surface area (Å²) >= 11 is 3.29. The van der Waals surface area contributed by atoms with Crippen molar-refractivity contribution in [3.05, 3.63) is 35.4 Å². The van der Waals surface area contributed by atoms with Crippen molar-refractivity contribution in [2.24, 2.45) is 0 Å². The van der Waals surface area contributed by atoms with Crippen LogP contribution in [-0.4, -0.2) is 29.7 Å². The van der Waals surface area contributed by atoms with E-state index in [2.05, 4.69) is 35.0 Å². The zero-order chi connectivity index (χ0) is 12.7. The smallest absolute Gasteiger partial charge is 0.251 e. The standard InChI is InChI=1S/C13H18BrF2N/c1-2-11-3-5-12(6-4-11)9-17(8-7-14)10-13(15)16/h3-6,13H,2,7-10H2,1H3. The SMILES string of the molecule is CCc1ccc(CN(CCBr)CC(F)F)cc1. The normalized spacial score (nSPS) is 11.4. The lowest BCUT2D eigenvalue weighted by Gasteiger charge is -2.20. The maximum absolute atomic E-state index is 12.4. The van der Waals surface area contributed by atoms with Crippen LogP contribution in [0.5, 0.6) is 0 Å². The second-order valence-corrected chi connectivity index (χ2v) is 4.78. The number of rotatable bonds is 7. The minimum Gasteiger partial charge on any atom is -0.293 e. The highest BCUT2D eigenvalue weighted by Gasteiger charge is 2.11. The molecule has 0 atom stereocenters. The van der Waals surface area contributed by atoms with E-state index in [1.165, 1.54) is 5.56 Å². The van der Waals surface area contributed by atoms with Crippen molar-refractivity contribution in [2.75, 3.05) is 18.4 Å². The molecule has 0 fully saturated rings. The molecular weight excluding hydrogens is 288 g/mol. The van der Waals surface area contributed by atoms with Crippen LogP contribution in [0.25, 0.3) is 0 Å². The first-order valence-electron chi connectivity index (χ1n) is 5.80. The predicted octanol–water partition coefficient (Wildman–Crippen LogP) is 3.71. The van der Waals surface area contributed by atoms with Gasteiger partial charge in [0.1, 0.15) is 0 Å². The molecule has 4 heteroatoms. The Hall–Kier alpha value is -0.480. The molecule has 1 nitrogen and oxygen atoms in total. The summed E-state index contributed by atoms with van der Waals surface area (Å²) < 4.78 is 24.7. The van der Waals surface area contributed by atoms with E-state index in [-0.39, 0.29) is 6.54 Å². The fraction of sp³-hybridized carbons (Fsp3) is 0.538. The van der Waals surface area contributed by atoms with Gasteiger partial charge in [-0.15, -0.1) is 0 Å². The molecule has 0 amide bonds. The molecule has 0 saturated carbocycles. The Morgan fingerprint density at radius 2 is 1.76 bits per heavy atom. The molecule has 17 heavy (non-hydrogen) atoms. The zero-order valence-electron chi connectivity index (χ0n) is 10.0. The van der Waals surface area contributed by atoms with Gasteiger partial charge in [0, 0.05) is 18.4 Å². The number of alkyl halides is 3. The number of halogens is 3. The Kier molecular flexibility index (Phi) is 6.66. The van der Waals surface area contributed by atoms with Crippen molar-refractivity contribution in [1.82, 2.24) is 4.90 Å². The summed E-state index contributed by atoms with van der Waals surface area (Å²) in [6.45, 7) is 3.16. The summed E-state index contributed by atoms with van der Waals surface area (Å²) in [5.74, 6) is 0. The van der Waals surface area contributed by atoms with Crippen LogP contribution in [0.1, 0.15) is 18.1 Å². The third-order valence-electron chi connectivity index (χ3n) is 2.63. The lowest BCUT2D eigenvalue weighted by molar-refractivity contribution is 0.0881. The first kappa shape index (κ1) is 14.6. The largest absolute Gasteiger partial charge is 0.293 e. The van der Waals surface area contributed by atoms with Crippen molar-refractivity contribution in [3.63, 3.8) is 0 Å². The molecule has 96 valence electrons. The number of aryl methyl sites for hydroxylation is 1. The average molecular weight is 306 g/mol. The molecule has 0 bridgehead atoms. The molecule has 0 unspecified atom stereocenters. The monoisotopic (exact) mass is 305 g/mol. The van der Waals surface area contributed by atoms with Crippen molar-refractivity contribution >= 4 is 15.9 Å². The van der Waals surface area contributed by atoms with Gasteiger partial charge in [-0.2, -0.15) is 0 Å². The van der Waals surface area contributed by atoms with Gasteiger partial charge in [-0.25, -0.2) is 8.78 Å². The van der Waals surface area contributed by atoms with Gasteiger partial charge in [-0.1, -0.05) is 47.1 Å². The van der Waals surface area contributed by atoms with E-state index in [1.807, 2.05) is 12.1 Å². The van der Waals surface area contributed by atoms with Gasteiger partial charge < -0.3 is 0 Å². The maximum atomic E-state index is 12.4. The van der Waals surface area contributed by atoms with Gasteiger partial charge in [0.2, 0.25) is 0 Å². The van der Waals surface area contributed by atoms with Crippen LogP contribution in [0.3, 0.4) is 0 Å². The molecule has 0 aromatic heterocycles. The quantitative estimate of drug-likeness (QED) is 0.694. The number of benzene rings is 1. The van der Waals surface area contributed by atoms with Gasteiger partial charge in [0.05, 0.1) is 6.54 Å². The molecule has 1 aromatic carbocycles. The second-order valence-electron chi connectivity index (χ2n) is 3.99. The summed E-state index contributed by atoms with van der Waals surface area (Å²) in [6.07, 6.45) is -1.27. The van der Waals surface area contributed by atoms with Crippen LogP contribution in [0.2, 0.25) is 0 Å². The lowest BCUT2D eigenvalue weighted by atomic mass is 10.1. The summed E-state index contributed by atoms with van der Waals surface area (Å²) in [5, 5.41) is 0.715. The Labute approximate surface area is 110 Å². The van der Waals surface area contributed by atoms with Gasteiger partial charge in [-0.05, 0) is 17.5 Å². The minimum atomic E-state index is -2.27. The fourth-order valence-corrected chi connectivity index (χ4v) is 2.19. The molecule has 0 aliphatic carbocycles. The number of nitrogens with zero attached hydrogens (tertiary/aromatic N) is 1. The Morgan fingerprint density at radius 3 is 2.24 bits per heavy atom. The highest BCUT2D eigenvalue weighted by Crippen LogP contribution is 2.10. The topological polar surface area (TPSA) is 3.24 Å². The predicted molar refractivity (Wildman–Crippen MR) is 70.9 cm³/mol. The number of hydrogen-bond donors (Lipinski definition) is 0. The van der Waals surface area contributed by atoms with Crippen LogP contribution < -0.4 is 0 Å². The third-order valence-corrected chi connectivity index (χ3v) is 2.99. The Morgan fingerprint density at radius 1 is 1.18 bits per heavy atom. The van der Waals surface area contributed by atoms with Crippen LogP contribution in [0, 0.1) is 0 Å². The fourth-order valence-electron chi connectivity index (χ4n) is 1.69. The zero-order valence-corrected chi connectivity index (χ0v) is 11.6. The average Bonchev–Trinajstić information content (AvgIpc) is 2.29. The summed E-state index contributed by atoms with van der Waals surface area (Å²) in [5.41, 5.74) is 2.36. The summed E-state index contributed by atoms with van der Waals surface area (Å²) in [7, 11) is 0. The van der Waals surface area contributed by atoms with Crippen LogP contribution in [0.15, 0.2) is 24.3 Å². The lowest BCUT2D eigenvalue weighted by Crippen LogP contribution is -2.30. The van der Waals surface area contributed by atoms with Crippen molar-refractivity contribution in [3.8, 4) is 0 Å². The molecule has 0 heterocycles. The first-order chi connectivity index (χ1) is 8.15. The molecule has 0 N–H and O–H groups in total. The summed E-state index contributed by atoms with van der Waals surface area (Å²) in [4.78, 5) is 1.76. The van der Waals surface area contributed by atoms with E-state index >= 15 is 0 Å². The molecule has 0 saturated heterocycles. The number of hydrogen-bond acceptors (Lipinski definition) is 1. The summed E-state index contributed by atoms with van der Waals surface area (Å²) in [6, 6.07) is 8.16. The third kappa shape index (κ3) is 5.59. The highest BCUT2D eigenvalue weighted by molar-refractivity contribution is 9.09. The van der Waals surface area contributed by atoms with E-state index in [0.29, 0.717) is 18.4 Å². The van der Waals surface area contributed by atoms with E-state index in [1.54, 1.807) is 4.90 Å². The van der Waals surface area contributed by atoms with Crippen molar-refractivity contribution in [2.45, 2.75) is 26.3 Å². The van der Waals surface area contributed by atoms with Gasteiger partial charge in [0.25, 0.3) is 6.43 Å². The first-order valence-corrected chi connectivity index (χ1v) is 6.92. The molecule has 1 aromatic rings. The molecule has 1 rings (SSSR count). The highest BCUT2D eigenvalue weighted by atomic mass is 79.9. The van der Waals surface area contributed by atoms with Gasteiger partial charge in [-0.3, -0.25) is 4.90 Å². The molecule has 0 radical (unpaired) electrons. The van der Waals surface area contributed by atoms with Crippen molar-refractivity contribution in [1.29, 1.82) is 0 Å².